The number of aryl methyl sites for hydroxylation is 1. The highest BCUT2D eigenvalue weighted by molar-refractivity contribution is 7.89. The molecule has 2 N–H and O–H groups in total. The predicted molar refractivity (Wildman–Crippen MR) is 117 cm³/mol. The quantitative estimate of drug-likeness (QED) is 0.333. The molecule has 166 valence electrons. The molecule has 2 aromatic carbocycles. The lowest BCUT2D eigenvalue weighted by molar-refractivity contribution is -0.136. The second-order valence-electron chi connectivity index (χ2n) is 7.04. The molecule has 0 fully saturated rings. The molecule has 1 aromatic heterocycles. The Bertz CT molecular complexity index is 1310. The number of carbonyl (C=O) groups excluding carboxylic acids is 2. The molecule has 0 aliphatic heterocycles. The maximum Gasteiger partial charge on any atom is 0.331 e. The zero-order valence-corrected chi connectivity index (χ0v) is 18.2. The molecule has 0 spiro atoms. The highest BCUT2D eigenvalue weighted by Gasteiger charge is 2.18. The number of aromatic nitrogens is 1. The molecule has 7 nitrogen and oxygen atoms in total. The summed E-state index contributed by atoms with van der Waals surface area (Å²) >= 11 is 0. The number of primary sulfonamides is 1. The first-order valence-electron chi connectivity index (χ1n) is 9.52. The molecular formula is C23H21FN2O5S. The van der Waals surface area contributed by atoms with Crippen LogP contribution in [0.15, 0.2) is 65.6 Å². The normalized spacial score (nSPS) is 11.6. The topological polar surface area (TPSA) is 108 Å². The Kier molecular flexibility index (Phi) is 6.71. The number of nitrogens with two attached hydrogens (primary N) is 1. The lowest BCUT2D eigenvalue weighted by atomic mass is 10.1. The van der Waals surface area contributed by atoms with Crippen molar-refractivity contribution < 1.29 is 27.1 Å². The van der Waals surface area contributed by atoms with Gasteiger partial charge in [-0.05, 0) is 56.3 Å². The van der Waals surface area contributed by atoms with Gasteiger partial charge in [-0.1, -0.05) is 18.2 Å². The number of Topliss-reactive ketones (excluding diaryl/α,β-unsaturated/α-hetero) is 1. The molecule has 0 amide bonds. The van der Waals surface area contributed by atoms with E-state index in [0.717, 1.165) is 11.8 Å². The zero-order chi connectivity index (χ0) is 23.5. The van der Waals surface area contributed by atoms with Gasteiger partial charge in [0.05, 0.1) is 4.90 Å². The fourth-order valence-corrected chi connectivity index (χ4v) is 3.77. The van der Waals surface area contributed by atoms with Gasteiger partial charge in [0, 0.05) is 34.3 Å². The molecule has 0 aliphatic carbocycles. The number of rotatable bonds is 7. The van der Waals surface area contributed by atoms with Gasteiger partial charge in [0.2, 0.25) is 15.8 Å². The van der Waals surface area contributed by atoms with Crippen molar-refractivity contribution in [3.05, 3.63) is 89.0 Å². The van der Waals surface area contributed by atoms with E-state index in [4.69, 9.17) is 9.88 Å². The zero-order valence-electron chi connectivity index (χ0n) is 17.4. The van der Waals surface area contributed by atoms with Crippen molar-refractivity contribution >= 4 is 27.9 Å². The number of ketones is 1. The van der Waals surface area contributed by atoms with Gasteiger partial charge in [-0.25, -0.2) is 22.7 Å². The fourth-order valence-electron chi connectivity index (χ4n) is 3.26. The van der Waals surface area contributed by atoms with Gasteiger partial charge in [-0.3, -0.25) is 4.79 Å². The Balaban J connectivity index is 1.72. The van der Waals surface area contributed by atoms with Gasteiger partial charge < -0.3 is 9.30 Å². The van der Waals surface area contributed by atoms with Crippen LogP contribution in [0.2, 0.25) is 0 Å². The number of esters is 1. The van der Waals surface area contributed by atoms with Crippen LogP contribution in [0.4, 0.5) is 4.39 Å². The summed E-state index contributed by atoms with van der Waals surface area (Å²) in [6, 6.07) is 13.5. The van der Waals surface area contributed by atoms with Crippen LogP contribution in [0.1, 0.15) is 27.3 Å². The molecule has 0 saturated heterocycles. The SMILES string of the molecule is Cc1cc(C(=O)COC(=O)/C=C/c2ccccc2F)c(C)n1-c1ccc(S(N)(=O)=O)cc1. The van der Waals surface area contributed by atoms with Crippen LogP contribution < -0.4 is 5.14 Å². The number of hydrogen-bond acceptors (Lipinski definition) is 5. The fraction of sp³-hybridized carbons (Fsp3) is 0.130. The van der Waals surface area contributed by atoms with Crippen molar-refractivity contribution in [3.63, 3.8) is 0 Å². The van der Waals surface area contributed by atoms with Crippen molar-refractivity contribution in [3.8, 4) is 5.69 Å². The molecule has 0 bridgehead atoms. The molecule has 0 aliphatic rings. The molecule has 0 radical (unpaired) electrons. The minimum atomic E-state index is -3.81. The Morgan fingerprint density at radius 3 is 2.38 bits per heavy atom. The minimum Gasteiger partial charge on any atom is -0.454 e. The van der Waals surface area contributed by atoms with Crippen LogP contribution >= 0.6 is 0 Å². The molecule has 9 heteroatoms. The van der Waals surface area contributed by atoms with Crippen LogP contribution in [-0.2, 0) is 19.6 Å². The van der Waals surface area contributed by atoms with Gasteiger partial charge in [0.15, 0.2) is 6.61 Å². The molecule has 0 unspecified atom stereocenters. The number of ether oxygens (including phenoxy) is 1. The van der Waals surface area contributed by atoms with Crippen LogP contribution in [0.3, 0.4) is 0 Å². The Morgan fingerprint density at radius 1 is 1.09 bits per heavy atom. The molecule has 32 heavy (non-hydrogen) atoms. The number of benzene rings is 2. The van der Waals surface area contributed by atoms with E-state index in [1.165, 1.54) is 36.4 Å². The van der Waals surface area contributed by atoms with Gasteiger partial charge in [0.25, 0.3) is 0 Å². The minimum absolute atomic E-state index is 0.0182. The van der Waals surface area contributed by atoms with E-state index < -0.39 is 34.2 Å². The molecule has 3 aromatic rings. The van der Waals surface area contributed by atoms with Crippen LogP contribution in [-0.4, -0.2) is 31.3 Å². The summed E-state index contributed by atoms with van der Waals surface area (Å²) < 4.78 is 43.2. The Morgan fingerprint density at radius 2 is 1.75 bits per heavy atom. The van der Waals surface area contributed by atoms with E-state index in [1.807, 2.05) is 0 Å². The smallest absolute Gasteiger partial charge is 0.331 e. The van der Waals surface area contributed by atoms with E-state index in [0.29, 0.717) is 16.9 Å². The third kappa shape index (κ3) is 5.19. The van der Waals surface area contributed by atoms with Crippen LogP contribution in [0.5, 0.6) is 0 Å². The molecule has 1 heterocycles. The van der Waals surface area contributed by atoms with E-state index in [2.05, 4.69) is 0 Å². The van der Waals surface area contributed by atoms with E-state index in [-0.39, 0.29) is 10.5 Å². The van der Waals surface area contributed by atoms with Gasteiger partial charge in [-0.15, -0.1) is 0 Å². The van der Waals surface area contributed by atoms with Crippen molar-refractivity contribution in [2.75, 3.05) is 6.61 Å². The number of halogens is 1. The summed E-state index contributed by atoms with van der Waals surface area (Å²) in [4.78, 5) is 24.5. The molecule has 0 atom stereocenters. The first kappa shape index (κ1) is 23.1. The molecule has 3 rings (SSSR count). The van der Waals surface area contributed by atoms with E-state index >= 15 is 0 Å². The predicted octanol–water partition coefficient (Wildman–Crippen LogP) is 3.32. The summed E-state index contributed by atoms with van der Waals surface area (Å²) in [5, 5.41) is 5.12. The third-order valence-corrected chi connectivity index (χ3v) is 5.73. The summed E-state index contributed by atoms with van der Waals surface area (Å²) in [6.07, 6.45) is 2.33. The Labute approximate surface area is 185 Å². The maximum atomic E-state index is 13.6. The largest absolute Gasteiger partial charge is 0.454 e. The summed E-state index contributed by atoms with van der Waals surface area (Å²) in [6.45, 7) is 3.04. The van der Waals surface area contributed by atoms with Crippen molar-refractivity contribution in [2.45, 2.75) is 18.7 Å². The average molecular weight is 456 g/mol. The number of carbonyl (C=O) groups is 2. The van der Waals surface area contributed by atoms with Crippen molar-refractivity contribution in [1.82, 2.24) is 4.57 Å². The summed E-state index contributed by atoms with van der Waals surface area (Å²) in [5.74, 6) is -1.65. The highest BCUT2D eigenvalue weighted by atomic mass is 32.2. The van der Waals surface area contributed by atoms with Gasteiger partial charge >= 0.3 is 5.97 Å². The van der Waals surface area contributed by atoms with Crippen LogP contribution in [0.25, 0.3) is 11.8 Å². The second-order valence-corrected chi connectivity index (χ2v) is 8.61. The second kappa shape index (κ2) is 9.29. The average Bonchev–Trinajstić information content (AvgIpc) is 3.05. The number of hydrogen-bond donors (Lipinski definition) is 1. The highest BCUT2D eigenvalue weighted by Crippen LogP contribution is 2.22. The van der Waals surface area contributed by atoms with Gasteiger partial charge in [-0.2, -0.15) is 0 Å². The summed E-state index contributed by atoms with van der Waals surface area (Å²) in [7, 11) is -3.81. The molecular weight excluding hydrogens is 435 g/mol. The lowest BCUT2D eigenvalue weighted by Crippen LogP contribution is -2.13. The summed E-state index contributed by atoms with van der Waals surface area (Å²) in [5.41, 5.74) is 2.58. The number of nitrogens with zero attached hydrogens (tertiary/aromatic N) is 1. The van der Waals surface area contributed by atoms with E-state index in [9.17, 15) is 22.4 Å². The van der Waals surface area contributed by atoms with Crippen LogP contribution in [0, 0.1) is 19.7 Å². The maximum absolute atomic E-state index is 13.6. The third-order valence-electron chi connectivity index (χ3n) is 4.80. The van der Waals surface area contributed by atoms with Crippen molar-refractivity contribution in [1.29, 1.82) is 0 Å². The lowest BCUT2D eigenvalue weighted by Gasteiger charge is -2.10. The van der Waals surface area contributed by atoms with E-state index in [1.54, 1.807) is 42.7 Å². The number of sulfonamides is 1. The van der Waals surface area contributed by atoms with Gasteiger partial charge in [0.1, 0.15) is 5.82 Å². The molecule has 0 saturated carbocycles. The monoisotopic (exact) mass is 456 g/mol. The van der Waals surface area contributed by atoms with Crippen molar-refractivity contribution in [2.24, 2.45) is 5.14 Å². The first-order chi connectivity index (χ1) is 15.1. The standard InChI is InChI=1S/C23H21FN2O5S/c1-15-13-20(16(2)26(15)18-8-10-19(11-9-18)32(25,29)30)22(27)14-31-23(28)12-7-17-5-3-4-6-21(17)24/h3-13H,14H2,1-2H3,(H2,25,29,30)/b12-7+. The first-order valence-corrected chi connectivity index (χ1v) is 11.1. The Hall–Kier alpha value is -3.56.